The first-order valence-corrected chi connectivity index (χ1v) is 10.7. The highest BCUT2D eigenvalue weighted by Gasteiger charge is 2.39. The molecule has 2 aliphatic heterocycles. The zero-order valence-electron chi connectivity index (χ0n) is 18.1. The third-order valence-corrected chi connectivity index (χ3v) is 5.60. The second-order valence-corrected chi connectivity index (χ2v) is 7.87. The van der Waals surface area contributed by atoms with Crippen molar-refractivity contribution in [1.82, 2.24) is 15.3 Å². The van der Waals surface area contributed by atoms with Gasteiger partial charge in [-0.1, -0.05) is 6.08 Å². The Kier molecular flexibility index (Phi) is 6.20. The molecule has 0 unspecified atom stereocenters. The van der Waals surface area contributed by atoms with Gasteiger partial charge in [-0.15, -0.1) is 6.58 Å². The van der Waals surface area contributed by atoms with Crippen LogP contribution in [0.5, 0.6) is 0 Å². The summed E-state index contributed by atoms with van der Waals surface area (Å²) in [4.78, 5) is 23.9. The maximum Gasteiger partial charge on any atom is 0.319 e. The Balaban J connectivity index is 1.71. The number of anilines is 2. The third-order valence-electron chi connectivity index (χ3n) is 5.60. The quantitative estimate of drug-likeness (QED) is 0.692. The fourth-order valence-corrected chi connectivity index (χ4v) is 3.98. The number of benzene rings is 1. The summed E-state index contributed by atoms with van der Waals surface area (Å²) >= 11 is 0. The number of aromatic nitrogens is 2. The Morgan fingerprint density at radius 3 is 2.68 bits per heavy atom. The number of ether oxygens (including phenoxy) is 2. The van der Waals surface area contributed by atoms with Crippen molar-refractivity contribution >= 4 is 17.5 Å². The minimum atomic E-state index is -0.518. The molecule has 4 rings (SSSR count). The number of hydrogen-bond donors (Lipinski definition) is 2. The van der Waals surface area contributed by atoms with E-state index >= 15 is 0 Å². The SMILES string of the molecule is C=CC[C@]1(C)OCc2c(N3CCOCC3)nc(-c3ccc(NC(=O)NCC)cc3)nc21. The number of fused-ring (bicyclic) bond motifs is 1. The highest BCUT2D eigenvalue weighted by atomic mass is 16.5. The first-order chi connectivity index (χ1) is 15.0. The summed E-state index contributed by atoms with van der Waals surface area (Å²) in [7, 11) is 0. The Morgan fingerprint density at radius 2 is 2.00 bits per heavy atom. The molecule has 0 spiro atoms. The van der Waals surface area contributed by atoms with E-state index in [4.69, 9.17) is 19.4 Å². The maximum atomic E-state index is 11.8. The van der Waals surface area contributed by atoms with E-state index < -0.39 is 5.60 Å². The molecule has 0 radical (unpaired) electrons. The zero-order chi connectivity index (χ0) is 21.8. The van der Waals surface area contributed by atoms with Crippen LogP contribution in [0.4, 0.5) is 16.3 Å². The minimum absolute atomic E-state index is 0.226. The predicted octanol–water partition coefficient (Wildman–Crippen LogP) is 3.44. The molecule has 3 heterocycles. The molecule has 0 saturated carbocycles. The van der Waals surface area contributed by atoms with Crippen LogP contribution in [-0.2, 0) is 21.7 Å². The van der Waals surface area contributed by atoms with E-state index in [0.29, 0.717) is 44.3 Å². The molecule has 8 nitrogen and oxygen atoms in total. The highest BCUT2D eigenvalue weighted by Crippen LogP contribution is 2.42. The highest BCUT2D eigenvalue weighted by molar-refractivity contribution is 5.89. The van der Waals surface area contributed by atoms with Gasteiger partial charge in [-0.2, -0.15) is 0 Å². The zero-order valence-corrected chi connectivity index (χ0v) is 18.1. The third kappa shape index (κ3) is 4.40. The van der Waals surface area contributed by atoms with Crippen LogP contribution in [0.15, 0.2) is 36.9 Å². The van der Waals surface area contributed by atoms with Crippen LogP contribution in [0.25, 0.3) is 11.4 Å². The van der Waals surface area contributed by atoms with E-state index in [1.165, 1.54) is 0 Å². The lowest BCUT2D eigenvalue weighted by atomic mass is 9.96. The van der Waals surface area contributed by atoms with Gasteiger partial charge in [0, 0.05) is 36.4 Å². The fraction of sp³-hybridized carbons (Fsp3) is 0.435. The van der Waals surface area contributed by atoms with Gasteiger partial charge < -0.3 is 25.0 Å². The van der Waals surface area contributed by atoms with Gasteiger partial charge in [0.1, 0.15) is 11.4 Å². The molecule has 2 aromatic rings. The summed E-state index contributed by atoms with van der Waals surface area (Å²) in [6.07, 6.45) is 2.54. The minimum Gasteiger partial charge on any atom is -0.378 e. The van der Waals surface area contributed by atoms with Gasteiger partial charge >= 0.3 is 6.03 Å². The van der Waals surface area contributed by atoms with Gasteiger partial charge in [0.2, 0.25) is 0 Å². The first-order valence-electron chi connectivity index (χ1n) is 10.7. The Hall–Kier alpha value is -2.97. The van der Waals surface area contributed by atoms with Crippen LogP contribution < -0.4 is 15.5 Å². The topological polar surface area (TPSA) is 88.6 Å². The average molecular weight is 424 g/mol. The predicted molar refractivity (Wildman–Crippen MR) is 120 cm³/mol. The molecule has 1 fully saturated rings. The molecule has 2 aliphatic rings. The molecule has 8 heteroatoms. The number of carbonyl (C=O) groups excluding carboxylic acids is 1. The van der Waals surface area contributed by atoms with E-state index in [1.807, 2.05) is 37.3 Å². The number of nitrogens with zero attached hydrogens (tertiary/aromatic N) is 3. The van der Waals surface area contributed by atoms with E-state index in [0.717, 1.165) is 35.7 Å². The van der Waals surface area contributed by atoms with Crippen molar-refractivity contribution in [3.63, 3.8) is 0 Å². The van der Waals surface area contributed by atoms with Gasteiger partial charge in [-0.05, 0) is 44.5 Å². The standard InChI is InChI=1S/C23H29N5O3/c1-4-10-23(3)19-18(15-31-23)21(28-11-13-30-14-12-28)27-20(26-19)16-6-8-17(9-7-16)25-22(29)24-5-2/h4,6-9H,1,5,10-15H2,2-3H3,(H2,24,25,29)/t23-/m0/s1. The summed E-state index contributed by atoms with van der Waals surface area (Å²) < 4.78 is 11.7. The first kappa shape index (κ1) is 21.3. The van der Waals surface area contributed by atoms with Crippen LogP contribution in [0.2, 0.25) is 0 Å². The Labute approximate surface area is 182 Å². The van der Waals surface area contributed by atoms with Gasteiger partial charge in [-0.25, -0.2) is 14.8 Å². The van der Waals surface area contributed by atoms with Crippen molar-refractivity contribution in [1.29, 1.82) is 0 Å². The Bertz CT molecular complexity index is 956. The van der Waals surface area contributed by atoms with Crippen molar-refractivity contribution in [2.24, 2.45) is 0 Å². The van der Waals surface area contributed by atoms with Gasteiger partial charge in [0.05, 0.1) is 25.5 Å². The van der Waals surface area contributed by atoms with Crippen LogP contribution in [0, 0.1) is 0 Å². The van der Waals surface area contributed by atoms with Crippen molar-refractivity contribution in [2.45, 2.75) is 32.5 Å². The summed E-state index contributed by atoms with van der Waals surface area (Å²) in [6, 6.07) is 7.33. The second-order valence-electron chi connectivity index (χ2n) is 7.87. The molecule has 1 saturated heterocycles. The summed E-state index contributed by atoms with van der Waals surface area (Å²) in [5.74, 6) is 1.56. The Morgan fingerprint density at radius 1 is 1.26 bits per heavy atom. The lowest BCUT2D eigenvalue weighted by Crippen LogP contribution is -2.37. The number of urea groups is 1. The van der Waals surface area contributed by atoms with E-state index in [9.17, 15) is 4.79 Å². The summed E-state index contributed by atoms with van der Waals surface area (Å²) in [6.45, 7) is 11.8. The van der Waals surface area contributed by atoms with E-state index in [-0.39, 0.29) is 6.03 Å². The molecule has 2 N–H and O–H groups in total. The number of rotatable bonds is 6. The number of morpholine rings is 1. The van der Waals surface area contributed by atoms with Gasteiger partial charge in [0.15, 0.2) is 5.82 Å². The lowest BCUT2D eigenvalue weighted by Gasteiger charge is -2.30. The van der Waals surface area contributed by atoms with Crippen LogP contribution in [0.1, 0.15) is 31.5 Å². The molecule has 31 heavy (non-hydrogen) atoms. The number of amides is 2. The van der Waals surface area contributed by atoms with Crippen molar-refractivity contribution in [3.05, 3.63) is 48.2 Å². The van der Waals surface area contributed by atoms with Gasteiger partial charge in [0.25, 0.3) is 0 Å². The number of nitrogens with one attached hydrogen (secondary N) is 2. The van der Waals surface area contributed by atoms with Crippen LogP contribution in [-0.4, -0.2) is 48.8 Å². The average Bonchev–Trinajstić information content (AvgIpc) is 3.11. The van der Waals surface area contributed by atoms with Crippen molar-refractivity contribution in [3.8, 4) is 11.4 Å². The van der Waals surface area contributed by atoms with Crippen LogP contribution >= 0.6 is 0 Å². The molecule has 0 aliphatic carbocycles. The molecule has 1 aromatic carbocycles. The lowest BCUT2D eigenvalue weighted by molar-refractivity contribution is -0.0228. The van der Waals surface area contributed by atoms with E-state index in [2.05, 4.69) is 29.0 Å². The summed E-state index contributed by atoms with van der Waals surface area (Å²) in [5, 5.41) is 5.53. The normalized spacial score (nSPS) is 20.3. The molecule has 1 aromatic heterocycles. The largest absolute Gasteiger partial charge is 0.378 e. The molecule has 0 bridgehead atoms. The number of hydrogen-bond acceptors (Lipinski definition) is 6. The smallest absolute Gasteiger partial charge is 0.319 e. The summed E-state index contributed by atoms with van der Waals surface area (Å²) in [5.41, 5.74) is 3.04. The second kappa shape index (κ2) is 9.03. The van der Waals surface area contributed by atoms with Gasteiger partial charge in [-0.3, -0.25) is 0 Å². The fourth-order valence-electron chi connectivity index (χ4n) is 3.98. The molecule has 1 atom stereocenters. The molecular weight excluding hydrogens is 394 g/mol. The van der Waals surface area contributed by atoms with Crippen LogP contribution in [0.3, 0.4) is 0 Å². The monoisotopic (exact) mass is 423 g/mol. The molecule has 164 valence electrons. The maximum absolute atomic E-state index is 11.8. The molecular formula is C23H29N5O3. The molecule has 2 amide bonds. The number of carbonyl (C=O) groups is 1. The van der Waals surface area contributed by atoms with E-state index in [1.54, 1.807) is 0 Å². The van der Waals surface area contributed by atoms with Crippen molar-refractivity contribution < 1.29 is 14.3 Å². The van der Waals surface area contributed by atoms with Crippen molar-refractivity contribution in [2.75, 3.05) is 43.1 Å².